The van der Waals surface area contributed by atoms with E-state index in [0.29, 0.717) is 12.4 Å². The molecule has 0 aliphatic carbocycles. The zero-order valence-electron chi connectivity index (χ0n) is 11.0. The first-order chi connectivity index (χ1) is 8.65. The van der Waals surface area contributed by atoms with Crippen molar-refractivity contribution in [3.05, 3.63) is 35.0 Å². The highest BCUT2D eigenvalue weighted by Crippen LogP contribution is 2.21. The molecule has 0 saturated carbocycles. The number of rotatable bonds is 4. The van der Waals surface area contributed by atoms with Crippen molar-refractivity contribution < 1.29 is 4.74 Å². The Balaban J connectivity index is 2.36. The molecule has 0 aliphatic heterocycles. The SMILES string of the molecule is CCc1c(N)nnn1Cc1cc(C)ccc1OC. The Hall–Kier alpha value is -2.04. The summed E-state index contributed by atoms with van der Waals surface area (Å²) in [5, 5.41) is 7.98. The standard InChI is InChI=1S/C13H18N4O/c1-4-11-13(14)15-16-17(11)8-10-7-9(2)5-6-12(10)18-3/h5-7H,4,8,14H2,1-3H3. The predicted molar refractivity (Wildman–Crippen MR) is 70.6 cm³/mol. The quantitative estimate of drug-likeness (QED) is 0.893. The van der Waals surface area contributed by atoms with E-state index >= 15 is 0 Å². The first-order valence-electron chi connectivity index (χ1n) is 5.97. The number of ether oxygens (including phenoxy) is 1. The van der Waals surface area contributed by atoms with Crippen LogP contribution in [0.15, 0.2) is 18.2 Å². The van der Waals surface area contributed by atoms with E-state index in [0.717, 1.165) is 23.4 Å². The number of nitrogens with zero attached hydrogens (tertiary/aromatic N) is 3. The Morgan fingerprint density at radius 2 is 2.17 bits per heavy atom. The molecular weight excluding hydrogens is 228 g/mol. The van der Waals surface area contributed by atoms with E-state index in [2.05, 4.69) is 23.3 Å². The van der Waals surface area contributed by atoms with Gasteiger partial charge in [-0.3, -0.25) is 0 Å². The summed E-state index contributed by atoms with van der Waals surface area (Å²) in [7, 11) is 1.67. The highest BCUT2D eigenvalue weighted by atomic mass is 16.5. The molecule has 5 nitrogen and oxygen atoms in total. The van der Waals surface area contributed by atoms with Crippen LogP contribution in [0.2, 0.25) is 0 Å². The van der Waals surface area contributed by atoms with Crippen LogP contribution in [0.1, 0.15) is 23.7 Å². The van der Waals surface area contributed by atoms with E-state index in [1.165, 1.54) is 5.56 Å². The van der Waals surface area contributed by atoms with Crippen LogP contribution < -0.4 is 10.5 Å². The normalized spacial score (nSPS) is 10.6. The number of hydrogen-bond donors (Lipinski definition) is 1. The molecule has 96 valence electrons. The van der Waals surface area contributed by atoms with E-state index in [1.54, 1.807) is 7.11 Å². The van der Waals surface area contributed by atoms with Crippen LogP contribution in [0.25, 0.3) is 0 Å². The maximum atomic E-state index is 5.78. The van der Waals surface area contributed by atoms with Gasteiger partial charge in [-0.1, -0.05) is 29.8 Å². The minimum absolute atomic E-state index is 0.504. The van der Waals surface area contributed by atoms with Gasteiger partial charge in [0.1, 0.15) is 5.75 Å². The summed E-state index contributed by atoms with van der Waals surface area (Å²) in [4.78, 5) is 0. The largest absolute Gasteiger partial charge is 0.496 e. The minimum atomic E-state index is 0.504. The number of nitrogen functional groups attached to an aromatic ring is 1. The minimum Gasteiger partial charge on any atom is -0.496 e. The summed E-state index contributed by atoms with van der Waals surface area (Å²) in [5.41, 5.74) is 9.01. The lowest BCUT2D eigenvalue weighted by Crippen LogP contribution is -2.08. The van der Waals surface area contributed by atoms with Crippen LogP contribution in [0.4, 0.5) is 5.82 Å². The molecule has 0 amide bonds. The van der Waals surface area contributed by atoms with E-state index in [9.17, 15) is 0 Å². The van der Waals surface area contributed by atoms with Crippen molar-refractivity contribution in [2.75, 3.05) is 12.8 Å². The molecule has 0 bridgehead atoms. The highest BCUT2D eigenvalue weighted by molar-refractivity contribution is 5.38. The Bertz CT molecular complexity index is 548. The smallest absolute Gasteiger partial charge is 0.169 e. The summed E-state index contributed by atoms with van der Waals surface area (Å²) in [6.45, 7) is 4.72. The fourth-order valence-corrected chi connectivity index (χ4v) is 2.03. The molecule has 2 rings (SSSR count). The van der Waals surface area contributed by atoms with E-state index in [-0.39, 0.29) is 0 Å². The molecule has 5 heteroatoms. The van der Waals surface area contributed by atoms with Gasteiger partial charge in [-0.05, 0) is 19.4 Å². The van der Waals surface area contributed by atoms with Gasteiger partial charge in [0.2, 0.25) is 0 Å². The monoisotopic (exact) mass is 246 g/mol. The molecule has 2 N–H and O–H groups in total. The Morgan fingerprint density at radius 3 is 2.83 bits per heavy atom. The fraction of sp³-hybridized carbons (Fsp3) is 0.385. The third kappa shape index (κ3) is 2.30. The van der Waals surface area contributed by atoms with Crippen molar-refractivity contribution in [2.45, 2.75) is 26.8 Å². The molecule has 2 aromatic rings. The van der Waals surface area contributed by atoms with E-state index in [4.69, 9.17) is 10.5 Å². The number of hydrogen-bond acceptors (Lipinski definition) is 4. The van der Waals surface area contributed by atoms with Crippen LogP contribution in [0.3, 0.4) is 0 Å². The second kappa shape index (κ2) is 5.08. The number of aryl methyl sites for hydroxylation is 1. The van der Waals surface area contributed by atoms with Gasteiger partial charge in [0.25, 0.3) is 0 Å². The summed E-state index contributed by atoms with van der Waals surface area (Å²) < 4.78 is 7.19. The van der Waals surface area contributed by atoms with Crippen molar-refractivity contribution in [1.82, 2.24) is 15.0 Å². The van der Waals surface area contributed by atoms with Gasteiger partial charge in [0.15, 0.2) is 5.82 Å². The molecule has 0 fully saturated rings. The molecule has 18 heavy (non-hydrogen) atoms. The fourth-order valence-electron chi connectivity index (χ4n) is 2.03. The van der Waals surface area contributed by atoms with Gasteiger partial charge >= 0.3 is 0 Å². The predicted octanol–water partition coefficient (Wildman–Crippen LogP) is 1.79. The maximum absolute atomic E-state index is 5.78. The molecule has 0 unspecified atom stereocenters. The van der Waals surface area contributed by atoms with Crippen molar-refractivity contribution in [3.8, 4) is 5.75 Å². The summed E-state index contributed by atoms with van der Waals surface area (Å²) in [6, 6.07) is 6.09. The Morgan fingerprint density at radius 1 is 1.39 bits per heavy atom. The summed E-state index contributed by atoms with van der Waals surface area (Å²) in [5.74, 6) is 1.36. The average Bonchev–Trinajstić information content (AvgIpc) is 2.70. The lowest BCUT2D eigenvalue weighted by Gasteiger charge is -2.10. The number of benzene rings is 1. The van der Waals surface area contributed by atoms with Crippen LogP contribution in [-0.4, -0.2) is 22.1 Å². The van der Waals surface area contributed by atoms with Crippen molar-refractivity contribution in [1.29, 1.82) is 0 Å². The van der Waals surface area contributed by atoms with Crippen LogP contribution >= 0.6 is 0 Å². The molecule has 0 aliphatic rings. The third-order valence-electron chi connectivity index (χ3n) is 2.96. The second-order valence-electron chi connectivity index (χ2n) is 4.25. The molecule has 0 spiro atoms. The zero-order chi connectivity index (χ0) is 13.1. The van der Waals surface area contributed by atoms with Crippen LogP contribution in [0.5, 0.6) is 5.75 Å². The maximum Gasteiger partial charge on any atom is 0.169 e. The summed E-state index contributed by atoms with van der Waals surface area (Å²) >= 11 is 0. The van der Waals surface area contributed by atoms with Crippen molar-refractivity contribution in [3.63, 3.8) is 0 Å². The topological polar surface area (TPSA) is 66.0 Å². The molecule has 0 radical (unpaired) electrons. The third-order valence-corrected chi connectivity index (χ3v) is 2.96. The molecule has 1 aromatic carbocycles. The van der Waals surface area contributed by atoms with Gasteiger partial charge in [-0.2, -0.15) is 0 Å². The van der Waals surface area contributed by atoms with Crippen molar-refractivity contribution >= 4 is 5.82 Å². The molecule has 1 heterocycles. The number of anilines is 1. The Kier molecular flexibility index (Phi) is 3.50. The first kappa shape index (κ1) is 12.4. The Labute approximate surface area is 107 Å². The zero-order valence-corrected chi connectivity index (χ0v) is 11.0. The molecule has 1 aromatic heterocycles. The van der Waals surface area contributed by atoms with E-state index < -0.39 is 0 Å². The highest BCUT2D eigenvalue weighted by Gasteiger charge is 2.11. The number of methoxy groups -OCH3 is 1. The second-order valence-corrected chi connectivity index (χ2v) is 4.25. The molecule has 0 atom stereocenters. The van der Waals surface area contributed by atoms with Gasteiger partial charge in [0.05, 0.1) is 19.3 Å². The van der Waals surface area contributed by atoms with Gasteiger partial charge in [-0.25, -0.2) is 4.68 Å². The van der Waals surface area contributed by atoms with Crippen LogP contribution in [0, 0.1) is 6.92 Å². The van der Waals surface area contributed by atoms with Crippen LogP contribution in [-0.2, 0) is 13.0 Å². The number of nitrogens with two attached hydrogens (primary N) is 1. The number of aromatic nitrogens is 3. The first-order valence-corrected chi connectivity index (χ1v) is 5.97. The van der Waals surface area contributed by atoms with Gasteiger partial charge in [0, 0.05) is 5.56 Å². The lowest BCUT2D eigenvalue weighted by atomic mass is 10.1. The van der Waals surface area contributed by atoms with Gasteiger partial charge < -0.3 is 10.5 Å². The van der Waals surface area contributed by atoms with E-state index in [1.807, 2.05) is 23.7 Å². The average molecular weight is 246 g/mol. The lowest BCUT2D eigenvalue weighted by molar-refractivity contribution is 0.406. The molecular formula is C13H18N4O. The molecule has 0 saturated heterocycles. The summed E-state index contributed by atoms with van der Waals surface area (Å²) in [6.07, 6.45) is 0.812. The van der Waals surface area contributed by atoms with Gasteiger partial charge in [-0.15, -0.1) is 5.10 Å². The van der Waals surface area contributed by atoms with Crippen molar-refractivity contribution in [2.24, 2.45) is 0 Å².